The van der Waals surface area contributed by atoms with E-state index in [1.807, 2.05) is 6.07 Å². The molecule has 20 heavy (non-hydrogen) atoms. The van der Waals surface area contributed by atoms with Gasteiger partial charge in [-0.3, -0.25) is 9.59 Å². The highest BCUT2D eigenvalue weighted by Gasteiger charge is 2.19. The summed E-state index contributed by atoms with van der Waals surface area (Å²) in [6, 6.07) is 11.7. The minimum absolute atomic E-state index is 0.240. The first kappa shape index (κ1) is 13.9. The van der Waals surface area contributed by atoms with E-state index in [-0.39, 0.29) is 12.3 Å². The zero-order valence-electron chi connectivity index (χ0n) is 10.9. The van der Waals surface area contributed by atoms with E-state index < -0.39 is 11.9 Å². The summed E-state index contributed by atoms with van der Waals surface area (Å²) < 4.78 is 5.15. The van der Waals surface area contributed by atoms with E-state index in [4.69, 9.17) is 10.2 Å². The van der Waals surface area contributed by atoms with Gasteiger partial charge in [-0.2, -0.15) is 0 Å². The number of hydrogen-bond donors (Lipinski definition) is 2. The van der Waals surface area contributed by atoms with Gasteiger partial charge in [0, 0.05) is 12.8 Å². The number of carbonyl (C=O) groups is 2. The van der Waals surface area contributed by atoms with Crippen LogP contribution >= 0.6 is 0 Å². The van der Waals surface area contributed by atoms with Gasteiger partial charge < -0.3 is 15.5 Å². The van der Waals surface area contributed by atoms with E-state index in [0.717, 1.165) is 5.76 Å². The first-order valence-corrected chi connectivity index (χ1v) is 6.33. The Hall–Kier alpha value is -2.56. The Balaban J connectivity index is 1.95. The van der Waals surface area contributed by atoms with Crippen LogP contribution in [-0.2, 0) is 16.0 Å². The molecule has 2 rings (SSSR count). The largest absolute Gasteiger partial charge is 0.469 e. The van der Waals surface area contributed by atoms with Gasteiger partial charge >= 0.3 is 0 Å². The van der Waals surface area contributed by atoms with Crippen molar-refractivity contribution in [2.45, 2.75) is 18.9 Å². The highest BCUT2D eigenvalue weighted by molar-refractivity contribution is 5.87. The second-order valence-corrected chi connectivity index (χ2v) is 4.39. The van der Waals surface area contributed by atoms with Crippen molar-refractivity contribution in [2.24, 2.45) is 5.73 Å². The molecule has 0 fully saturated rings. The topological polar surface area (TPSA) is 85.3 Å². The average molecular weight is 272 g/mol. The minimum Gasteiger partial charge on any atom is -0.469 e. The van der Waals surface area contributed by atoms with Crippen molar-refractivity contribution >= 4 is 11.8 Å². The number of rotatable bonds is 6. The lowest BCUT2D eigenvalue weighted by Crippen LogP contribution is -2.37. The fourth-order valence-corrected chi connectivity index (χ4v) is 1.89. The Morgan fingerprint density at radius 1 is 1.15 bits per heavy atom. The fourth-order valence-electron chi connectivity index (χ4n) is 1.89. The Morgan fingerprint density at radius 3 is 2.50 bits per heavy atom. The summed E-state index contributed by atoms with van der Waals surface area (Å²) in [5.74, 6) is -0.0907. The van der Waals surface area contributed by atoms with Crippen LogP contribution in [-0.4, -0.2) is 11.8 Å². The molecule has 2 aromatic rings. The normalized spacial score (nSPS) is 11.8. The zero-order chi connectivity index (χ0) is 14.4. The molecule has 3 N–H and O–H groups in total. The van der Waals surface area contributed by atoms with Crippen LogP contribution < -0.4 is 11.1 Å². The molecule has 0 saturated carbocycles. The first-order valence-electron chi connectivity index (χ1n) is 6.33. The van der Waals surface area contributed by atoms with Crippen LogP contribution in [0.25, 0.3) is 0 Å². The standard InChI is InChI=1S/C15H16N2O3/c16-15(19)14(11-5-2-1-3-6-11)17-13(18)9-8-12-7-4-10-20-12/h1-7,10,14H,8-9H2,(H2,16,19)(H,17,18). The number of amides is 2. The summed E-state index contributed by atoms with van der Waals surface area (Å²) >= 11 is 0. The molecule has 104 valence electrons. The summed E-state index contributed by atoms with van der Waals surface area (Å²) in [7, 11) is 0. The molecule has 0 bridgehead atoms. The number of hydrogen-bond acceptors (Lipinski definition) is 3. The molecule has 2 amide bonds. The molecule has 0 radical (unpaired) electrons. The number of primary amides is 1. The summed E-state index contributed by atoms with van der Waals surface area (Å²) in [6.07, 6.45) is 2.28. The number of aryl methyl sites for hydroxylation is 1. The molecule has 0 saturated heterocycles. The third-order valence-corrected chi connectivity index (χ3v) is 2.90. The molecule has 1 aromatic carbocycles. The van der Waals surface area contributed by atoms with Gasteiger partial charge in [-0.15, -0.1) is 0 Å². The van der Waals surface area contributed by atoms with E-state index in [1.54, 1.807) is 42.7 Å². The van der Waals surface area contributed by atoms with E-state index in [2.05, 4.69) is 5.32 Å². The number of furan rings is 1. The van der Waals surface area contributed by atoms with Gasteiger partial charge in [-0.1, -0.05) is 30.3 Å². The molecule has 1 atom stereocenters. The van der Waals surface area contributed by atoms with Crippen molar-refractivity contribution in [1.82, 2.24) is 5.32 Å². The molecular weight excluding hydrogens is 256 g/mol. The van der Waals surface area contributed by atoms with Crippen LogP contribution in [0.5, 0.6) is 0 Å². The highest BCUT2D eigenvalue weighted by atomic mass is 16.3. The third-order valence-electron chi connectivity index (χ3n) is 2.90. The van der Waals surface area contributed by atoms with Crippen molar-refractivity contribution in [3.63, 3.8) is 0 Å². The van der Waals surface area contributed by atoms with Gasteiger partial charge in [0.25, 0.3) is 0 Å². The fraction of sp³-hybridized carbons (Fsp3) is 0.200. The lowest BCUT2D eigenvalue weighted by Gasteiger charge is -2.15. The van der Waals surface area contributed by atoms with Crippen LogP contribution in [0.3, 0.4) is 0 Å². The molecule has 5 nitrogen and oxygen atoms in total. The van der Waals surface area contributed by atoms with Crippen LogP contribution in [0.1, 0.15) is 23.8 Å². The summed E-state index contributed by atoms with van der Waals surface area (Å²) in [5.41, 5.74) is 6.01. The molecule has 1 heterocycles. The lowest BCUT2D eigenvalue weighted by molar-refractivity contribution is -0.127. The van der Waals surface area contributed by atoms with E-state index in [1.165, 1.54) is 0 Å². The number of nitrogens with one attached hydrogen (secondary N) is 1. The van der Waals surface area contributed by atoms with Gasteiger partial charge in [0.1, 0.15) is 11.8 Å². The summed E-state index contributed by atoms with van der Waals surface area (Å²) in [4.78, 5) is 23.3. The van der Waals surface area contributed by atoms with E-state index >= 15 is 0 Å². The first-order chi connectivity index (χ1) is 9.66. The van der Waals surface area contributed by atoms with Crippen molar-refractivity contribution in [3.8, 4) is 0 Å². The maximum Gasteiger partial charge on any atom is 0.244 e. The SMILES string of the molecule is NC(=O)C(NC(=O)CCc1ccco1)c1ccccc1. The smallest absolute Gasteiger partial charge is 0.244 e. The van der Waals surface area contributed by atoms with Gasteiger partial charge in [0.15, 0.2) is 0 Å². The van der Waals surface area contributed by atoms with Crippen molar-refractivity contribution in [3.05, 3.63) is 60.1 Å². The van der Waals surface area contributed by atoms with E-state index in [0.29, 0.717) is 12.0 Å². The van der Waals surface area contributed by atoms with Gasteiger partial charge in [0.2, 0.25) is 11.8 Å². The number of benzene rings is 1. The van der Waals surface area contributed by atoms with Gasteiger partial charge in [-0.05, 0) is 17.7 Å². The predicted molar refractivity (Wildman–Crippen MR) is 73.5 cm³/mol. The monoisotopic (exact) mass is 272 g/mol. The molecular formula is C15H16N2O3. The predicted octanol–water partition coefficient (Wildman–Crippen LogP) is 1.55. The summed E-state index contributed by atoms with van der Waals surface area (Å²) in [6.45, 7) is 0. The zero-order valence-corrected chi connectivity index (χ0v) is 10.9. The Labute approximate surface area is 116 Å². The van der Waals surface area contributed by atoms with Crippen LogP contribution in [0.15, 0.2) is 53.1 Å². The van der Waals surface area contributed by atoms with Crippen molar-refractivity contribution < 1.29 is 14.0 Å². The molecule has 0 aliphatic rings. The lowest BCUT2D eigenvalue weighted by atomic mass is 10.1. The second-order valence-electron chi connectivity index (χ2n) is 4.39. The molecule has 0 aliphatic heterocycles. The molecule has 1 aromatic heterocycles. The van der Waals surface area contributed by atoms with E-state index in [9.17, 15) is 9.59 Å². The summed E-state index contributed by atoms with van der Waals surface area (Å²) in [5, 5.41) is 2.64. The minimum atomic E-state index is -0.805. The maximum atomic E-state index is 11.9. The van der Waals surface area contributed by atoms with Crippen molar-refractivity contribution in [2.75, 3.05) is 0 Å². The van der Waals surface area contributed by atoms with Crippen LogP contribution in [0, 0.1) is 0 Å². The second kappa shape index (κ2) is 6.56. The molecule has 0 aliphatic carbocycles. The Bertz CT molecular complexity index is 564. The van der Waals surface area contributed by atoms with Gasteiger partial charge in [-0.25, -0.2) is 0 Å². The maximum absolute atomic E-state index is 11.9. The van der Waals surface area contributed by atoms with Crippen LogP contribution in [0.2, 0.25) is 0 Å². The van der Waals surface area contributed by atoms with Crippen LogP contribution in [0.4, 0.5) is 0 Å². The van der Waals surface area contributed by atoms with Crippen molar-refractivity contribution in [1.29, 1.82) is 0 Å². The molecule has 5 heteroatoms. The Kier molecular flexibility index (Phi) is 4.55. The Morgan fingerprint density at radius 2 is 1.90 bits per heavy atom. The number of carbonyl (C=O) groups excluding carboxylic acids is 2. The third kappa shape index (κ3) is 3.71. The highest BCUT2D eigenvalue weighted by Crippen LogP contribution is 2.12. The molecule has 1 unspecified atom stereocenters. The molecule has 0 spiro atoms. The average Bonchev–Trinajstić information content (AvgIpc) is 2.96. The van der Waals surface area contributed by atoms with Gasteiger partial charge in [0.05, 0.1) is 6.26 Å². The quantitative estimate of drug-likeness (QED) is 0.836. The number of nitrogens with two attached hydrogens (primary N) is 1.